The fourth-order valence-corrected chi connectivity index (χ4v) is 2.38. The number of carbonyl (C=O) groups excluding carboxylic acids is 1. The third-order valence-corrected chi connectivity index (χ3v) is 3.31. The van der Waals surface area contributed by atoms with Crippen LogP contribution in [0.4, 0.5) is 11.4 Å². The summed E-state index contributed by atoms with van der Waals surface area (Å²) >= 11 is 0. The molecule has 0 aliphatic carbocycles. The van der Waals surface area contributed by atoms with Crippen molar-refractivity contribution >= 4 is 17.3 Å². The standard InChI is InChI=1S/C13H20N4O/c1-17-6-2-3-10(8-17)16-9-4-5-12(14)11(7-9)13(15)18/h4-5,7,10,16H,2-3,6,8,14H2,1H3,(H2,15,18). The van der Waals surface area contributed by atoms with E-state index in [9.17, 15) is 4.79 Å². The maximum Gasteiger partial charge on any atom is 0.250 e. The molecule has 18 heavy (non-hydrogen) atoms. The number of carbonyl (C=O) groups is 1. The summed E-state index contributed by atoms with van der Waals surface area (Å²) < 4.78 is 0. The molecule has 1 aromatic carbocycles. The topological polar surface area (TPSA) is 84.4 Å². The Bertz CT molecular complexity index is 447. The Labute approximate surface area is 107 Å². The van der Waals surface area contributed by atoms with Gasteiger partial charge in [-0.2, -0.15) is 0 Å². The van der Waals surface area contributed by atoms with Crippen molar-refractivity contribution in [3.05, 3.63) is 23.8 Å². The molecule has 2 rings (SSSR count). The van der Waals surface area contributed by atoms with Crippen LogP contribution in [0.1, 0.15) is 23.2 Å². The number of nitrogens with one attached hydrogen (secondary N) is 1. The summed E-state index contributed by atoms with van der Waals surface area (Å²) in [5, 5.41) is 3.43. The van der Waals surface area contributed by atoms with E-state index in [2.05, 4.69) is 17.3 Å². The highest BCUT2D eigenvalue weighted by molar-refractivity contribution is 5.98. The van der Waals surface area contributed by atoms with E-state index in [1.54, 1.807) is 12.1 Å². The molecule has 0 aromatic heterocycles. The molecule has 0 radical (unpaired) electrons. The smallest absolute Gasteiger partial charge is 0.250 e. The molecule has 5 N–H and O–H groups in total. The number of likely N-dealkylation sites (tertiary alicyclic amines) is 1. The van der Waals surface area contributed by atoms with E-state index in [4.69, 9.17) is 11.5 Å². The third kappa shape index (κ3) is 2.92. The van der Waals surface area contributed by atoms with E-state index in [0.29, 0.717) is 17.3 Å². The fraction of sp³-hybridized carbons (Fsp3) is 0.462. The van der Waals surface area contributed by atoms with Crippen LogP contribution in [-0.4, -0.2) is 37.0 Å². The molecule has 1 aromatic rings. The lowest BCUT2D eigenvalue weighted by Crippen LogP contribution is -2.39. The Morgan fingerprint density at radius 3 is 2.94 bits per heavy atom. The highest BCUT2D eigenvalue weighted by atomic mass is 16.1. The van der Waals surface area contributed by atoms with Gasteiger partial charge in [0.2, 0.25) is 0 Å². The van der Waals surface area contributed by atoms with Crippen LogP contribution in [0.3, 0.4) is 0 Å². The first kappa shape index (κ1) is 12.7. The van der Waals surface area contributed by atoms with Crippen LogP contribution >= 0.6 is 0 Å². The number of amides is 1. The first-order chi connectivity index (χ1) is 8.56. The molecule has 1 unspecified atom stereocenters. The summed E-state index contributed by atoms with van der Waals surface area (Å²) in [5.74, 6) is -0.489. The van der Waals surface area contributed by atoms with Crippen LogP contribution < -0.4 is 16.8 Å². The van der Waals surface area contributed by atoms with Gasteiger partial charge < -0.3 is 21.7 Å². The van der Waals surface area contributed by atoms with Crippen LogP contribution in [0, 0.1) is 0 Å². The third-order valence-electron chi connectivity index (χ3n) is 3.31. The maximum absolute atomic E-state index is 11.2. The molecule has 5 nitrogen and oxygen atoms in total. The number of primary amides is 1. The van der Waals surface area contributed by atoms with E-state index >= 15 is 0 Å². The summed E-state index contributed by atoms with van der Waals surface area (Å²) in [6.07, 6.45) is 2.33. The van der Waals surface area contributed by atoms with Gasteiger partial charge >= 0.3 is 0 Å². The zero-order chi connectivity index (χ0) is 13.1. The van der Waals surface area contributed by atoms with Gasteiger partial charge in [-0.15, -0.1) is 0 Å². The first-order valence-electron chi connectivity index (χ1n) is 6.20. The van der Waals surface area contributed by atoms with Crippen molar-refractivity contribution in [3.63, 3.8) is 0 Å². The van der Waals surface area contributed by atoms with E-state index in [1.165, 1.54) is 6.42 Å². The average molecular weight is 248 g/mol. The quantitative estimate of drug-likeness (QED) is 0.693. The highest BCUT2D eigenvalue weighted by Crippen LogP contribution is 2.20. The first-order valence-corrected chi connectivity index (χ1v) is 6.20. The van der Waals surface area contributed by atoms with Crippen molar-refractivity contribution in [1.82, 2.24) is 4.90 Å². The second-order valence-corrected chi connectivity index (χ2v) is 4.91. The zero-order valence-electron chi connectivity index (χ0n) is 10.6. The van der Waals surface area contributed by atoms with Gasteiger partial charge in [-0.05, 0) is 44.6 Å². The lowest BCUT2D eigenvalue weighted by molar-refractivity contribution is 0.100. The number of likely N-dealkylation sites (N-methyl/N-ethyl adjacent to an activating group) is 1. The van der Waals surface area contributed by atoms with Gasteiger partial charge in [-0.3, -0.25) is 4.79 Å². The zero-order valence-corrected chi connectivity index (χ0v) is 10.6. The molecule has 0 spiro atoms. The van der Waals surface area contributed by atoms with Gasteiger partial charge in [-0.25, -0.2) is 0 Å². The Hall–Kier alpha value is -1.75. The minimum atomic E-state index is -0.489. The molecule has 1 heterocycles. The molecule has 1 atom stereocenters. The normalized spacial score (nSPS) is 20.6. The minimum Gasteiger partial charge on any atom is -0.398 e. The van der Waals surface area contributed by atoms with Gasteiger partial charge in [0.05, 0.1) is 5.56 Å². The Morgan fingerprint density at radius 1 is 1.50 bits per heavy atom. The number of hydrogen-bond donors (Lipinski definition) is 3. The van der Waals surface area contributed by atoms with Crippen LogP contribution in [0.25, 0.3) is 0 Å². The van der Waals surface area contributed by atoms with Gasteiger partial charge in [0.1, 0.15) is 0 Å². The predicted molar refractivity (Wildman–Crippen MR) is 73.5 cm³/mol. The lowest BCUT2D eigenvalue weighted by atomic mass is 10.1. The second-order valence-electron chi connectivity index (χ2n) is 4.91. The van der Waals surface area contributed by atoms with Crippen molar-refractivity contribution in [3.8, 4) is 0 Å². The van der Waals surface area contributed by atoms with Crippen LogP contribution in [0.15, 0.2) is 18.2 Å². The van der Waals surface area contributed by atoms with Crippen molar-refractivity contribution in [1.29, 1.82) is 0 Å². The predicted octanol–water partition coefficient (Wildman–Crippen LogP) is 0.874. The van der Waals surface area contributed by atoms with Crippen LogP contribution in [0.2, 0.25) is 0 Å². The largest absolute Gasteiger partial charge is 0.398 e. The lowest BCUT2D eigenvalue weighted by Gasteiger charge is -2.31. The van der Waals surface area contributed by atoms with E-state index < -0.39 is 5.91 Å². The molecule has 5 heteroatoms. The Morgan fingerprint density at radius 2 is 2.28 bits per heavy atom. The van der Waals surface area contributed by atoms with Gasteiger partial charge in [0, 0.05) is 24.0 Å². The van der Waals surface area contributed by atoms with Crippen LogP contribution in [0.5, 0.6) is 0 Å². The molecule has 0 bridgehead atoms. The number of nitrogens with zero attached hydrogens (tertiary/aromatic N) is 1. The number of piperidine rings is 1. The number of anilines is 2. The van der Waals surface area contributed by atoms with E-state index in [0.717, 1.165) is 25.2 Å². The fourth-order valence-electron chi connectivity index (χ4n) is 2.38. The number of benzene rings is 1. The summed E-state index contributed by atoms with van der Waals surface area (Å²) in [5.41, 5.74) is 12.7. The summed E-state index contributed by atoms with van der Waals surface area (Å²) in [4.78, 5) is 13.5. The van der Waals surface area contributed by atoms with Gasteiger partial charge in [-0.1, -0.05) is 0 Å². The van der Waals surface area contributed by atoms with E-state index in [-0.39, 0.29) is 0 Å². The summed E-state index contributed by atoms with van der Waals surface area (Å²) in [7, 11) is 2.12. The van der Waals surface area contributed by atoms with Crippen molar-refractivity contribution in [2.45, 2.75) is 18.9 Å². The van der Waals surface area contributed by atoms with Crippen molar-refractivity contribution in [2.75, 3.05) is 31.2 Å². The van der Waals surface area contributed by atoms with E-state index in [1.807, 2.05) is 6.07 Å². The molecule has 1 fully saturated rings. The summed E-state index contributed by atoms with van der Waals surface area (Å²) in [6, 6.07) is 5.74. The number of rotatable bonds is 3. The molecule has 1 aliphatic heterocycles. The number of hydrogen-bond acceptors (Lipinski definition) is 4. The van der Waals surface area contributed by atoms with Gasteiger partial charge in [0.15, 0.2) is 0 Å². The highest BCUT2D eigenvalue weighted by Gasteiger charge is 2.17. The minimum absolute atomic E-state index is 0.379. The molecule has 1 saturated heterocycles. The molecule has 98 valence electrons. The monoisotopic (exact) mass is 248 g/mol. The molecular formula is C13H20N4O. The molecule has 0 saturated carbocycles. The van der Waals surface area contributed by atoms with Crippen molar-refractivity contribution < 1.29 is 4.79 Å². The molecular weight excluding hydrogens is 228 g/mol. The summed E-state index contributed by atoms with van der Waals surface area (Å²) in [6.45, 7) is 2.16. The van der Waals surface area contributed by atoms with Crippen molar-refractivity contribution in [2.24, 2.45) is 5.73 Å². The number of nitrogens with two attached hydrogens (primary N) is 2. The van der Waals surface area contributed by atoms with Crippen LogP contribution in [-0.2, 0) is 0 Å². The SMILES string of the molecule is CN1CCCC(Nc2ccc(N)c(C(N)=O)c2)C1. The Kier molecular flexibility index (Phi) is 3.72. The molecule has 1 amide bonds. The Balaban J connectivity index is 2.09. The van der Waals surface area contributed by atoms with Gasteiger partial charge in [0.25, 0.3) is 5.91 Å². The maximum atomic E-state index is 11.2. The second kappa shape index (κ2) is 5.27. The average Bonchev–Trinajstić information content (AvgIpc) is 2.31. The number of nitrogen functional groups attached to an aromatic ring is 1. The molecule has 1 aliphatic rings.